The van der Waals surface area contributed by atoms with Crippen molar-refractivity contribution < 1.29 is 9.21 Å². The Morgan fingerprint density at radius 3 is 2.77 bits per heavy atom. The highest BCUT2D eigenvalue weighted by Crippen LogP contribution is 2.20. The largest absolute Gasteiger partial charge is 0.467 e. The molecule has 0 spiro atoms. The quantitative estimate of drug-likeness (QED) is 0.708. The molecule has 112 valence electrons. The summed E-state index contributed by atoms with van der Waals surface area (Å²) < 4.78 is 5.36. The molecule has 0 fully saturated rings. The highest BCUT2D eigenvalue weighted by Gasteiger charge is 2.18. The maximum absolute atomic E-state index is 12.6. The number of nitrogens with one attached hydrogen (secondary N) is 1. The highest BCUT2D eigenvalue weighted by molar-refractivity contribution is 7.99. The first-order valence-electron chi connectivity index (χ1n) is 6.69. The Kier molecular flexibility index (Phi) is 4.55. The fourth-order valence-electron chi connectivity index (χ4n) is 1.96. The third-order valence-electron chi connectivity index (χ3n) is 2.99. The number of furan rings is 1. The van der Waals surface area contributed by atoms with Crippen LogP contribution < -0.4 is 4.90 Å². The number of para-hydroxylation sites is 1. The van der Waals surface area contributed by atoms with Gasteiger partial charge in [-0.25, -0.2) is 4.98 Å². The Hall–Kier alpha value is -2.54. The molecule has 0 unspecified atom stereocenters. The number of nitrogens with zero attached hydrogens (tertiary/aromatic N) is 3. The fourth-order valence-corrected chi connectivity index (χ4v) is 2.62. The zero-order chi connectivity index (χ0) is 15.2. The maximum Gasteiger partial charge on any atom is 0.237 e. The van der Waals surface area contributed by atoms with Crippen LogP contribution in [0.5, 0.6) is 0 Å². The molecule has 3 aromatic rings. The van der Waals surface area contributed by atoms with E-state index in [1.54, 1.807) is 11.2 Å². The molecule has 22 heavy (non-hydrogen) atoms. The number of benzene rings is 1. The van der Waals surface area contributed by atoms with Gasteiger partial charge in [0.1, 0.15) is 12.1 Å². The molecule has 0 radical (unpaired) electrons. The number of H-pyrrole nitrogens is 1. The summed E-state index contributed by atoms with van der Waals surface area (Å²) >= 11 is 1.32. The van der Waals surface area contributed by atoms with Gasteiger partial charge in [-0.15, -0.1) is 0 Å². The summed E-state index contributed by atoms with van der Waals surface area (Å²) in [4.78, 5) is 18.3. The van der Waals surface area contributed by atoms with E-state index in [4.69, 9.17) is 4.42 Å². The standard InChI is InChI=1S/C15H14N4O2S/c20-14(10-22-15-16-11-17-18-15)19(9-13-7-4-8-21-13)12-5-2-1-3-6-12/h1-8,11H,9-10H2,(H,16,17,18). The van der Waals surface area contributed by atoms with E-state index < -0.39 is 0 Å². The minimum atomic E-state index is -0.0241. The summed E-state index contributed by atoms with van der Waals surface area (Å²) in [7, 11) is 0. The predicted octanol–water partition coefficient (Wildman–Crippen LogP) is 2.72. The molecule has 2 heterocycles. The number of thioether (sulfide) groups is 1. The molecular formula is C15H14N4O2S. The molecule has 0 saturated carbocycles. The first-order chi connectivity index (χ1) is 10.8. The molecular weight excluding hydrogens is 300 g/mol. The number of hydrogen-bond donors (Lipinski definition) is 1. The van der Waals surface area contributed by atoms with Crippen molar-refractivity contribution in [1.29, 1.82) is 0 Å². The van der Waals surface area contributed by atoms with Crippen LogP contribution >= 0.6 is 11.8 Å². The molecule has 2 aromatic heterocycles. The van der Waals surface area contributed by atoms with Gasteiger partial charge in [0, 0.05) is 5.69 Å². The van der Waals surface area contributed by atoms with Crippen LogP contribution in [0.1, 0.15) is 5.76 Å². The molecule has 1 N–H and O–H groups in total. The van der Waals surface area contributed by atoms with Crippen LogP contribution in [0.3, 0.4) is 0 Å². The number of hydrogen-bond acceptors (Lipinski definition) is 5. The number of aromatic nitrogens is 3. The van der Waals surface area contributed by atoms with Gasteiger partial charge in [0.05, 0.1) is 18.6 Å². The smallest absolute Gasteiger partial charge is 0.237 e. The van der Waals surface area contributed by atoms with Gasteiger partial charge in [-0.2, -0.15) is 5.10 Å². The van der Waals surface area contributed by atoms with Crippen LogP contribution in [0.4, 0.5) is 5.69 Å². The van der Waals surface area contributed by atoms with Crippen molar-refractivity contribution in [2.75, 3.05) is 10.7 Å². The van der Waals surface area contributed by atoms with E-state index in [9.17, 15) is 4.79 Å². The van der Waals surface area contributed by atoms with Gasteiger partial charge < -0.3 is 9.32 Å². The first-order valence-corrected chi connectivity index (χ1v) is 7.67. The second kappa shape index (κ2) is 6.95. The lowest BCUT2D eigenvalue weighted by molar-refractivity contribution is -0.116. The van der Waals surface area contributed by atoms with Crippen LogP contribution in [0.2, 0.25) is 0 Å². The number of anilines is 1. The van der Waals surface area contributed by atoms with Crippen molar-refractivity contribution in [2.24, 2.45) is 0 Å². The van der Waals surface area contributed by atoms with Gasteiger partial charge in [0.2, 0.25) is 5.91 Å². The highest BCUT2D eigenvalue weighted by atomic mass is 32.2. The minimum Gasteiger partial charge on any atom is -0.467 e. The monoisotopic (exact) mass is 314 g/mol. The molecule has 1 aromatic carbocycles. The van der Waals surface area contributed by atoms with Gasteiger partial charge in [0.15, 0.2) is 5.16 Å². The molecule has 3 rings (SSSR count). The van der Waals surface area contributed by atoms with E-state index in [1.165, 1.54) is 18.1 Å². The molecule has 0 aliphatic heterocycles. The van der Waals surface area contributed by atoms with Crippen LogP contribution in [-0.4, -0.2) is 26.8 Å². The Balaban J connectivity index is 1.74. The zero-order valence-electron chi connectivity index (χ0n) is 11.7. The van der Waals surface area contributed by atoms with Crippen molar-refractivity contribution in [3.8, 4) is 0 Å². The summed E-state index contributed by atoms with van der Waals surface area (Å²) in [6.45, 7) is 0.396. The third-order valence-corrected chi connectivity index (χ3v) is 3.85. The molecule has 0 aliphatic carbocycles. The number of rotatable bonds is 6. The normalized spacial score (nSPS) is 10.5. The Bertz CT molecular complexity index is 698. The molecule has 0 bridgehead atoms. The maximum atomic E-state index is 12.6. The van der Waals surface area contributed by atoms with E-state index in [0.29, 0.717) is 11.7 Å². The number of aromatic amines is 1. The topological polar surface area (TPSA) is 75.0 Å². The van der Waals surface area contributed by atoms with Crippen molar-refractivity contribution >= 4 is 23.4 Å². The summed E-state index contributed by atoms with van der Waals surface area (Å²) in [5.41, 5.74) is 0.835. The van der Waals surface area contributed by atoms with Crippen LogP contribution in [0.25, 0.3) is 0 Å². The molecule has 7 heteroatoms. The summed E-state index contributed by atoms with van der Waals surface area (Å²) in [6.07, 6.45) is 3.02. The number of amides is 1. The lowest BCUT2D eigenvalue weighted by Crippen LogP contribution is -2.31. The van der Waals surface area contributed by atoms with Gasteiger partial charge in [-0.05, 0) is 24.3 Å². The van der Waals surface area contributed by atoms with E-state index in [0.717, 1.165) is 11.4 Å². The summed E-state index contributed by atoms with van der Waals surface area (Å²) in [5.74, 6) is 0.982. The fraction of sp³-hybridized carbons (Fsp3) is 0.133. The van der Waals surface area contributed by atoms with Gasteiger partial charge in [-0.1, -0.05) is 30.0 Å². The van der Waals surface area contributed by atoms with Crippen LogP contribution in [0, 0.1) is 0 Å². The minimum absolute atomic E-state index is 0.0241. The summed E-state index contributed by atoms with van der Waals surface area (Å²) in [5, 5.41) is 7.12. The predicted molar refractivity (Wildman–Crippen MR) is 83.4 cm³/mol. The van der Waals surface area contributed by atoms with Crippen molar-refractivity contribution in [3.63, 3.8) is 0 Å². The molecule has 0 saturated heterocycles. The van der Waals surface area contributed by atoms with Crippen molar-refractivity contribution in [2.45, 2.75) is 11.7 Å². The first kappa shape index (κ1) is 14.4. The van der Waals surface area contributed by atoms with Crippen LogP contribution in [0.15, 0.2) is 64.6 Å². The number of carbonyl (C=O) groups is 1. The number of carbonyl (C=O) groups excluding carboxylic acids is 1. The molecule has 0 atom stereocenters. The lowest BCUT2D eigenvalue weighted by Gasteiger charge is -2.21. The summed E-state index contributed by atoms with van der Waals surface area (Å²) in [6, 6.07) is 13.2. The zero-order valence-corrected chi connectivity index (χ0v) is 12.5. The van der Waals surface area contributed by atoms with E-state index >= 15 is 0 Å². The second-order valence-electron chi connectivity index (χ2n) is 4.47. The van der Waals surface area contributed by atoms with Gasteiger partial charge in [0.25, 0.3) is 0 Å². The average molecular weight is 314 g/mol. The molecule has 0 aliphatic rings. The second-order valence-corrected chi connectivity index (χ2v) is 5.44. The SMILES string of the molecule is O=C(CSc1ncn[nH]1)N(Cc1ccco1)c1ccccc1. The van der Waals surface area contributed by atoms with Gasteiger partial charge in [-0.3, -0.25) is 9.89 Å². The molecule has 6 nitrogen and oxygen atoms in total. The molecule has 1 amide bonds. The van der Waals surface area contributed by atoms with Gasteiger partial charge >= 0.3 is 0 Å². The van der Waals surface area contributed by atoms with E-state index in [2.05, 4.69) is 15.2 Å². The third kappa shape index (κ3) is 3.56. The van der Waals surface area contributed by atoms with E-state index in [-0.39, 0.29) is 11.7 Å². The van der Waals surface area contributed by atoms with Crippen LogP contribution in [-0.2, 0) is 11.3 Å². The Morgan fingerprint density at radius 2 is 2.09 bits per heavy atom. The van der Waals surface area contributed by atoms with E-state index in [1.807, 2.05) is 42.5 Å². The van der Waals surface area contributed by atoms with Crippen molar-refractivity contribution in [3.05, 3.63) is 60.8 Å². The average Bonchev–Trinajstić information content (AvgIpc) is 3.24. The Morgan fingerprint density at radius 1 is 1.23 bits per heavy atom. The Labute approximate surface area is 131 Å². The van der Waals surface area contributed by atoms with Crippen molar-refractivity contribution in [1.82, 2.24) is 15.2 Å². The lowest BCUT2D eigenvalue weighted by atomic mass is 10.2.